The van der Waals surface area contributed by atoms with Gasteiger partial charge in [-0.1, -0.05) is 140 Å². The summed E-state index contributed by atoms with van der Waals surface area (Å²) in [7, 11) is 0. The molecule has 7 rings (SSSR count). The van der Waals surface area contributed by atoms with E-state index < -0.39 is 5.41 Å². The first-order chi connectivity index (χ1) is 21.1. The standard InChI is InChI=1S/C42H33N/c1-4-42(30(2)3)38-19-12-11-18-37(38)41-39(42)20-13-21-40(41)43(35-26-22-33(23-27-35)31-14-7-5-8-15-31)36-28-24-34(25-29-36)32-16-9-6-10-17-32/h4-29H,1-2H2,3H3. The van der Waals surface area contributed by atoms with Crippen molar-refractivity contribution in [1.82, 2.24) is 0 Å². The van der Waals surface area contributed by atoms with Gasteiger partial charge in [-0.2, -0.15) is 0 Å². The van der Waals surface area contributed by atoms with Crippen molar-refractivity contribution in [2.24, 2.45) is 0 Å². The average Bonchev–Trinajstić information content (AvgIpc) is 3.38. The number of anilines is 3. The molecule has 1 aliphatic rings. The molecule has 43 heavy (non-hydrogen) atoms. The zero-order valence-corrected chi connectivity index (χ0v) is 24.4. The van der Waals surface area contributed by atoms with Crippen LogP contribution in [0.3, 0.4) is 0 Å². The number of fused-ring (bicyclic) bond motifs is 3. The molecule has 0 aromatic heterocycles. The van der Waals surface area contributed by atoms with E-state index in [0.717, 1.165) is 22.6 Å². The van der Waals surface area contributed by atoms with Crippen LogP contribution in [-0.2, 0) is 5.41 Å². The molecule has 0 radical (unpaired) electrons. The highest BCUT2D eigenvalue weighted by Gasteiger charge is 2.43. The summed E-state index contributed by atoms with van der Waals surface area (Å²) in [5.74, 6) is 0. The predicted molar refractivity (Wildman–Crippen MR) is 183 cm³/mol. The van der Waals surface area contributed by atoms with Gasteiger partial charge in [0.1, 0.15) is 0 Å². The SMILES string of the molecule is C=CC1(C(=C)C)c2ccccc2-c2c(N(c3ccc(-c4ccccc4)cc3)c3ccc(-c4ccccc4)cc3)cccc21. The Morgan fingerprint density at radius 2 is 1.00 bits per heavy atom. The normalized spacial score (nSPS) is 14.9. The molecule has 0 spiro atoms. The third kappa shape index (κ3) is 4.33. The van der Waals surface area contributed by atoms with Crippen molar-refractivity contribution in [3.05, 3.63) is 188 Å². The first-order valence-corrected chi connectivity index (χ1v) is 14.8. The Balaban J connectivity index is 1.44. The third-order valence-electron chi connectivity index (χ3n) is 8.77. The Hall–Kier alpha value is -5.40. The molecular weight excluding hydrogens is 518 g/mol. The molecule has 0 amide bonds. The number of allylic oxidation sites excluding steroid dienone is 2. The highest BCUT2D eigenvalue weighted by atomic mass is 15.1. The predicted octanol–water partition coefficient (Wildman–Crippen LogP) is 11.5. The molecule has 0 bridgehead atoms. The van der Waals surface area contributed by atoms with Crippen molar-refractivity contribution in [3.63, 3.8) is 0 Å². The van der Waals surface area contributed by atoms with Gasteiger partial charge in [0.05, 0.1) is 11.1 Å². The number of rotatable bonds is 7. The molecule has 0 saturated heterocycles. The van der Waals surface area contributed by atoms with Gasteiger partial charge in [-0.15, -0.1) is 6.58 Å². The summed E-state index contributed by atoms with van der Waals surface area (Å²) in [4.78, 5) is 2.39. The number of hydrogen-bond acceptors (Lipinski definition) is 1. The molecule has 0 N–H and O–H groups in total. The Morgan fingerprint density at radius 1 is 0.535 bits per heavy atom. The summed E-state index contributed by atoms with van der Waals surface area (Å²) in [6.07, 6.45) is 2.07. The quantitative estimate of drug-likeness (QED) is 0.178. The molecule has 1 nitrogen and oxygen atoms in total. The number of benzene rings is 6. The van der Waals surface area contributed by atoms with Crippen molar-refractivity contribution in [1.29, 1.82) is 0 Å². The summed E-state index contributed by atoms with van der Waals surface area (Å²) in [5.41, 5.74) is 13.7. The highest BCUT2D eigenvalue weighted by Crippen LogP contribution is 2.57. The summed E-state index contributed by atoms with van der Waals surface area (Å²) < 4.78 is 0. The smallest absolute Gasteiger partial charge is 0.0597 e. The maximum atomic E-state index is 4.46. The second-order valence-corrected chi connectivity index (χ2v) is 11.2. The van der Waals surface area contributed by atoms with Gasteiger partial charge in [0.2, 0.25) is 0 Å². The first-order valence-electron chi connectivity index (χ1n) is 14.8. The largest absolute Gasteiger partial charge is 0.310 e. The van der Waals surface area contributed by atoms with Crippen LogP contribution >= 0.6 is 0 Å². The maximum absolute atomic E-state index is 4.46. The second kappa shape index (κ2) is 10.8. The number of hydrogen-bond donors (Lipinski definition) is 0. The lowest BCUT2D eigenvalue weighted by atomic mass is 9.73. The van der Waals surface area contributed by atoms with E-state index in [4.69, 9.17) is 0 Å². The van der Waals surface area contributed by atoms with E-state index >= 15 is 0 Å². The lowest BCUT2D eigenvalue weighted by Gasteiger charge is -2.31. The monoisotopic (exact) mass is 551 g/mol. The van der Waals surface area contributed by atoms with Gasteiger partial charge in [0, 0.05) is 16.9 Å². The van der Waals surface area contributed by atoms with Crippen LogP contribution < -0.4 is 4.90 Å². The molecule has 206 valence electrons. The van der Waals surface area contributed by atoms with Gasteiger partial charge >= 0.3 is 0 Å². The van der Waals surface area contributed by atoms with Crippen molar-refractivity contribution in [3.8, 4) is 33.4 Å². The van der Waals surface area contributed by atoms with Crippen LogP contribution in [0.5, 0.6) is 0 Å². The minimum absolute atomic E-state index is 0.443. The fourth-order valence-electron chi connectivity index (χ4n) is 6.68. The molecule has 0 aliphatic heterocycles. The van der Waals surface area contributed by atoms with E-state index in [0.29, 0.717) is 0 Å². The van der Waals surface area contributed by atoms with Crippen molar-refractivity contribution in [2.45, 2.75) is 12.3 Å². The first kappa shape index (κ1) is 26.5. The van der Waals surface area contributed by atoms with Crippen LogP contribution in [-0.4, -0.2) is 0 Å². The maximum Gasteiger partial charge on any atom is 0.0597 e. The molecule has 0 fully saturated rings. The third-order valence-corrected chi connectivity index (χ3v) is 8.77. The molecule has 1 heteroatoms. The van der Waals surface area contributed by atoms with Gasteiger partial charge < -0.3 is 4.90 Å². The van der Waals surface area contributed by atoms with Crippen LogP contribution in [0, 0.1) is 0 Å². The molecule has 6 aromatic rings. The highest BCUT2D eigenvalue weighted by molar-refractivity contribution is 5.96. The van der Waals surface area contributed by atoms with Crippen molar-refractivity contribution < 1.29 is 0 Å². The zero-order chi connectivity index (χ0) is 29.4. The topological polar surface area (TPSA) is 3.24 Å². The van der Waals surface area contributed by atoms with E-state index in [2.05, 4.69) is 183 Å². The van der Waals surface area contributed by atoms with E-state index in [-0.39, 0.29) is 0 Å². The van der Waals surface area contributed by atoms with Crippen LogP contribution in [0.15, 0.2) is 176 Å². The number of nitrogens with zero attached hydrogens (tertiary/aromatic N) is 1. The Morgan fingerprint density at radius 3 is 1.51 bits per heavy atom. The van der Waals surface area contributed by atoms with Gasteiger partial charge in [-0.25, -0.2) is 0 Å². The van der Waals surface area contributed by atoms with Crippen LogP contribution in [0.25, 0.3) is 33.4 Å². The van der Waals surface area contributed by atoms with Crippen molar-refractivity contribution >= 4 is 17.1 Å². The summed E-state index contributed by atoms with van der Waals surface area (Å²) in [6, 6.07) is 54.2. The Bertz CT molecular complexity index is 1850. The fraction of sp³-hybridized carbons (Fsp3) is 0.0476. The van der Waals surface area contributed by atoms with Crippen LogP contribution in [0.2, 0.25) is 0 Å². The van der Waals surface area contributed by atoms with Gasteiger partial charge in [0.25, 0.3) is 0 Å². The molecule has 1 aliphatic carbocycles. The van der Waals surface area contributed by atoms with Gasteiger partial charge in [-0.3, -0.25) is 0 Å². The van der Waals surface area contributed by atoms with Gasteiger partial charge in [-0.05, 0) is 76.2 Å². The molecule has 1 atom stereocenters. The Labute approximate surface area is 254 Å². The summed E-state index contributed by atoms with van der Waals surface area (Å²) in [5, 5.41) is 0. The second-order valence-electron chi connectivity index (χ2n) is 11.2. The summed E-state index contributed by atoms with van der Waals surface area (Å²) in [6.45, 7) is 10.9. The van der Waals surface area contributed by atoms with E-state index in [9.17, 15) is 0 Å². The summed E-state index contributed by atoms with van der Waals surface area (Å²) >= 11 is 0. The van der Waals surface area contributed by atoms with Crippen molar-refractivity contribution in [2.75, 3.05) is 4.90 Å². The molecular formula is C42H33N. The fourth-order valence-corrected chi connectivity index (χ4v) is 6.68. The minimum Gasteiger partial charge on any atom is -0.310 e. The molecule has 0 heterocycles. The minimum atomic E-state index is -0.443. The van der Waals surface area contributed by atoms with Crippen LogP contribution in [0.1, 0.15) is 18.1 Å². The average molecular weight is 552 g/mol. The lowest BCUT2D eigenvalue weighted by Crippen LogP contribution is -2.23. The van der Waals surface area contributed by atoms with Crippen LogP contribution in [0.4, 0.5) is 17.1 Å². The zero-order valence-electron chi connectivity index (χ0n) is 24.4. The van der Waals surface area contributed by atoms with E-state index in [1.807, 2.05) is 0 Å². The van der Waals surface area contributed by atoms with E-state index in [1.54, 1.807) is 0 Å². The Kier molecular flexibility index (Phi) is 6.64. The molecule has 6 aromatic carbocycles. The van der Waals surface area contributed by atoms with Gasteiger partial charge in [0.15, 0.2) is 0 Å². The molecule has 0 saturated carbocycles. The molecule has 1 unspecified atom stereocenters. The van der Waals surface area contributed by atoms with E-state index in [1.165, 1.54) is 44.5 Å². The lowest BCUT2D eigenvalue weighted by molar-refractivity contribution is 0.786.